The lowest BCUT2D eigenvalue weighted by Crippen LogP contribution is -2.29. The van der Waals surface area contributed by atoms with Crippen molar-refractivity contribution < 1.29 is 8.91 Å². The first-order valence-corrected chi connectivity index (χ1v) is 8.22. The third-order valence-corrected chi connectivity index (χ3v) is 4.50. The summed E-state index contributed by atoms with van der Waals surface area (Å²) in [4.78, 5) is 11.2. The van der Waals surface area contributed by atoms with E-state index in [2.05, 4.69) is 25.3 Å². The molecule has 2 saturated heterocycles. The van der Waals surface area contributed by atoms with Gasteiger partial charge in [-0.3, -0.25) is 0 Å². The number of aromatic nitrogens is 3. The van der Waals surface area contributed by atoms with E-state index in [1.165, 1.54) is 19.3 Å². The maximum absolute atomic E-state index is 13.2. The number of nitrogens with one attached hydrogen (secondary N) is 1. The Balaban J connectivity index is 1.48. The Labute approximate surface area is 134 Å². The predicted octanol–water partition coefficient (Wildman–Crippen LogP) is 2.49. The third-order valence-electron chi connectivity index (χ3n) is 4.50. The van der Waals surface area contributed by atoms with Gasteiger partial charge in [-0.15, -0.1) is 0 Å². The van der Waals surface area contributed by atoms with Gasteiger partial charge >= 0.3 is 0 Å². The molecule has 0 aliphatic carbocycles. The van der Waals surface area contributed by atoms with Crippen LogP contribution in [0.2, 0.25) is 0 Å². The molecule has 2 fully saturated rings. The fourth-order valence-corrected chi connectivity index (χ4v) is 3.20. The largest absolute Gasteiger partial charge is 0.357 e. The van der Waals surface area contributed by atoms with Crippen LogP contribution in [-0.2, 0) is 0 Å². The first kappa shape index (κ1) is 14.6. The maximum Gasteiger partial charge on any atom is 0.244 e. The van der Waals surface area contributed by atoms with Crippen molar-refractivity contribution in [2.75, 3.05) is 24.5 Å². The molecule has 0 radical (unpaired) electrons. The highest BCUT2D eigenvalue weighted by Gasteiger charge is 2.29. The van der Waals surface area contributed by atoms with Crippen molar-refractivity contribution in [3.8, 4) is 11.4 Å². The van der Waals surface area contributed by atoms with E-state index < -0.39 is 6.17 Å². The van der Waals surface area contributed by atoms with Crippen LogP contribution < -0.4 is 10.2 Å². The number of hydrogen-bond acceptors (Lipinski definition) is 6. The molecule has 0 bridgehead atoms. The smallest absolute Gasteiger partial charge is 0.244 e. The normalized spacial score (nSPS) is 25.0. The van der Waals surface area contributed by atoms with E-state index in [9.17, 15) is 4.39 Å². The van der Waals surface area contributed by atoms with Crippen molar-refractivity contribution >= 4 is 5.82 Å². The van der Waals surface area contributed by atoms with Gasteiger partial charge in [0.15, 0.2) is 0 Å². The van der Waals surface area contributed by atoms with Crippen LogP contribution in [-0.4, -0.2) is 40.9 Å². The van der Waals surface area contributed by atoms with Crippen LogP contribution in [0.25, 0.3) is 11.4 Å². The molecule has 6 nitrogen and oxygen atoms in total. The molecule has 0 spiro atoms. The molecule has 2 aromatic rings. The molecule has 0 saturated carbocycles. The third kappa shape index (κ3) is 3.06. The number of piperidine rings is 1. The first-order chi connectivity index (χ1) is 11.3. The minimum Gasteiger partial charge on any atom is -0.357 e. The van der Waals surface area contributed by atoms with Crippen LogP contribution in [0.5, 0.6) is 0 Å². The lowest BCUT2D eigenvalue weighted by atomic mass is 10.1. The highest BCUT2D eigenvalue weighted by Crippen LogP contribution is 2.26. The summed E-state index contributed by atoms with van der Waals surface area (Å²) in [7, 11) is 0. The van der Waals surface area contributed by atoms with E-state index in [1.807, 2.05) is 12.1 Å². The second-order valence-corrected chi connectivity index (χ2v) is 6.20. The molecule has 2 aromatic heterocycles. The van der Waals surface area contributed by atoms with Gasteiger partial charge in [0.2, 0.25) is 11.7 Å². The summed E-state index contributed by atoms with van der Waals surface area (Å²) in [5, 5.41) is 7.04. The van der Waals surface area contributed by atoms with Gasteiger partial charge in [-0.05, 0) is 31.4 Å². The molecular formula is C16H20FN5O. The number of alkyl halides is 1. The monoisotopic (exact) mass is 317 g/mol. The molecule has 23 heavy (non-hydrogen) atoms. The molecule has 122 valence electrons. The number of hydrogen-bond donors (Lipinski definition) is 1. The summed E-state index contributed by atoms with van der Waals surface area (Å²) in [5.74, 6) is 1.94. The summed E-state index contributed by atoms with van der Waals surface area (Å²) < 4.78 is 18.5. The van der Waals surface area contributed by atoms with Gasteiger partial charge in [0.1, 0.15) is 12.0 Å². The second kappa shape index (κ2) is 6.23. The van der Waals surface area contributed by atoms with Crippen LogP contribution in [0.4, 0.5) is 10.2 Å². The standard InChI is InChI=1S/C16H20FN5O/c17-12-8-13(18-10-12)16-20-15(21-23-16)11-4-5-14(19-9-11)22-6-2-1-3-7-22/h4-5,9,12-13,18H,1-3,6-8,10H2/t12-,13+/m0/s1. The van der Waals surface area contributed by atoms with Crippen LogP contribution >= 0.6 is 0 Å². The van der Waals surface area contributed by atoms with Gasteiger partial charge in [-0.25, -0.2) is 9.37 Å². The lowest BCUT2D eigenvalue weighted by Gasteiger charge is -2.27. The van der Waals surface area contributed by atoms with E-state index >= 15 is 0 Å². The average molecular weight is 317 g/mol. The van der Waals surface area contributed by atoms with Gasteiger partial charge in [-0.1, -0.05) is 5.16 Å². The van der Waals surface area contributed by atoms with Crippen molar-refractivity contribution in [3.05, 3.63) is 24.2 Å². The van der Waals surface area contributed by atoms with Gasteiger partial charge in [0.25, 0.3) is 0 Å². The Kier molecular flexibility index (Phi) is 3.95. The molecular weight excluding hydrogens is 297 g/mol. The summed E-state index contributed by atoms with van der Waals surface area (Å²) in [6, 6.07) is 3.78. The molecule has 4 rings (SSSR count). The predicted molar refractivity (Wildman–Crippen MR) is 83.8 cm³/mol. The van der Waals surface area contributed by atoms with Crippen molar-refractivity contribution in [1.82, 2.24) is 20.4 Å². The van der Waals surface area contributed by atoms with Gasteiger partial charge in [0, 0.05) is 37.8 Å². The first-order valence-electron chi connectivity index (χ1n) is 8.22. The summed E-state index contributed by atoms with van der Waals surface area (Å²) in [5.41, 5.74) is 0.815. The van der Waals surface area contributed by atoms with Crippen LogP contribution in [0.1, 0.15) is 37.6 Å². The number of anilines is 1. The molecule has 4 heterocycles. The summed E-state index contributed by atoms with van der Waals surface area (Å²) in [6.45, 7) is 2.47. The van der Waals surface area contributed by atoms with Crippen molar-refractivity contribution in [2.45, 2.75) is 37.9 Å². The van der Waals surface area contributed by atoms with Gasteiger partial charge in [0.05, 0.1) is 6.04 Å². The molecule has 0 aromatic carbocycles. The second-order valence-electron chi connectivity index (χ2n) is 6.20. The Morgan fingerprint density at radius 1 is 1.22 bits per heavy atom. The summed E-state index contributed by atoms with van der Waals surface area (Å²) in [6.07, 6.45) is 5.06. The van der Waals surface area contributed by atoms with Crippen molar-refractivity contribution in [3.63, 3.8) is 0 Å². The molecule has 0 amide bonds. The van der Waals surface area contributed by atoms with E-state index in [4.69, 9.17) is 4.52 Å². The maximum atomic E-state index is 13.2. The quantitative estimate of drug-likeness (QED) is 0.938. The van der Waals surface area contributed by atoms with Crippen molar-refractivity contribution in [2.24, 2.45) is 0 Å². The average Bonchev–Trinajstić information content (AvgIpc) is 3.25. The molecule has 0 unspecified atom stereocenters. The zero-order chi connectivity index (χ0) is 15.6. The minimum absolute atomic E-state index is 0.188. The summed E-state index contributed by atoms with van der Waals surface area (Å²) >= 11 is 0. The SMILES string of the molecule is F[C@@H]1CN[C@@H](c2nc(-c3ccc(N4CCCCC4)nc3)no2)C1. The highest BCUT2D eigenvalue weighted by molar-refractivity contribution is 5.56. The van der Waals surface area contributed by atoms with Crippen LogP contribution in [0.3, 0.4) is 0 Å². The number of rotatable bonds is 3. The number of halogens is 1. The topological polar surface area (TPSA) is 67.1 Å². The van der Waals surface area contributed by atoms with Crippen molar-refractivity contribution in [1.29, 1.82) is 0 Å². The highest BCUT2D eigenvalue weighted by atomic mass is 19.1. The zero-order valence-corrected chi connectivity index (χ0v) is 12.9. The van der Waals surface area contributed by atoms with E-state index in [-0.39, 0.29) is 6.04 Å². The zero-order valence-electron chi connectivity index (χ0n) is 12.9. The Morgan fingerprint density at radius 3 is 2.78 bits per heavy atom. The van der Waals surface area contributed by atoms with Crippen LogP contribution in [0.15, 0.2) is 22.9 Å². The fraction of sp³-hybridized carbons (Fsp3) is 0.562. The lowest BCUT2D eigenvalue weighted by molar-refractivity contribution is 0.324. The molecule has 2 atom stereocenters. The Bertz CT molecular complexity index is 653. The Hall–Kier alpha value is -2.02. The van der Waals surface area contributed by atoms with E-state index in [0.717, 1.165) is 24.5 Å². The number of nitrogens with zero attached hydrogens (tertiary/aromatic N) is 4. The molecule has 1 N–H and O–H groups in total. The molecule has 7 heteroatoms. The minimum atomic E-state index is -0.846. The van der Waals surface area contributed by atoms with E-state index in [0.29, 0.717) is 24.7 Å². The molecule has 2 aliphatic heterocycles. The van der Waals surface area contributed by atoms with E-state index in [1.54, 1.807) is 6.20 Å². The fourth-order valence-electron chi connectivity index (χ4n) is 3.20. The molecule has 2 aliphatic rings. The number of pyridine rings is 1. The van der Waals surface area contributed by atoms with Gasteiger partial charge < -0.3 is 14.7 Å². The van der Waals surface area contributed by atoms with Crippen LogP contribution in [0, 0.1) is 0 Å². The Morgan fingerprint density at radius 2 is 2.09 bits per heavy atom. The van der Waals surface area contributed by atoms with Gasteiger partial charge in [-0.2, -0.15) is 4.98 Å².